The fourth-order valence-corrected chi connectivity index (χ4v) is 1.46. The summed E-state index contributed by atoms with van der Waals surface area (Å²) in [6.45, 7) is 1.59. The van der Waals surface area contributed by atoms with Crippen LogP contribution < -0.4 is 11.3 Å². The summed E-state index contributed by atoms with van der Waals surface area (Å²) in [6.07, 6.45) is 0.722. The van der Waals surface area contributed by atoms with Gasteiger partial charge in [0.1, 0.15) is 5.69 Å². The van der Waals surface area contributed by atoms with Crippen molar-refractivity contribution in [2.24, 2.45) is 5.84 Å². The van der Waals surface area contributed by atoms with Gasteiger partial charge in [-0.15, -0.1) is 0 Å². The minimum atomic E-state index is -0.398. The van der Waals surface area contributed by atoms with E-state index >= 15 is 0 Å². The van der Waals surface area contributed by atoms with Crippen molar-refractivity contribution in [3.63, 3.8) is 0 Å². The van der Waals surface area contributed by atoms with Gasteiger partial charge in [0.15, 0.2) is 0 Å². The van der Waals surface area contributed by atoms with Gasteiger partial charge < -0.3 is 10.0 Å². The molecule has 0 aliphatic rings. The van der Waals surface area contributed by atoms with E-state index < -0.39 is 5.91 Å². The lowest BCUT2D eigenvalue weighted by Gasteiger charge is -2.15. The van der Waals surface area contributed by atoms with E-state index in [2.05, 4.69) is 4.98 Å². The third-order valence-electron chi connectivity index (χ3n) is 2.30. The predicted molar refractivity (Wildman–Crippen MR) is 63.9 cm³/mol. The molecule has 0 fully saturated rings. The highest BCUT2D eigenvalue weighted by Gasteiger charge is 2.07. The first kappa shape index (κ1) is 13.6. The van der Waals surface area contributed by atoms with Gasteiger partial charge in [0.2, 0.25) is 0 Å². The van der Waals surface area contributed by atoms with Crippen molar-refractivity contribution in [3.8, 4) is 0 Å². The summed E-state index contributed by atoms with van der Waals surface area (Å²) in [5.41, 5.74) is 3.15. The molecule has 4 N–H and O–H groups in total. The normalized spacial score (nSPS) is 10.6. The number of aliphatic hydroxyl groups excluding tert-OH is 1. The Bertz CT molecular complexity index is 370. The molecule has 1 aromatic heterocycles. The maximum absolute atomic E-state index is 11.3. The van der Waals surface area contributed by atoms with Gasteiger partial charge in [-0.1, -0.05) is 6.07 Å². The fraction of sp³-hybridized carbons (Fsp3) is 0.455. The molecule has 1 rings (SSSR count). The van der Waals surface area contributed by atoms with Crippen LogP contribution in [-0.2, 0) is 6.54 Å². The molecule has 1 amide bonds. The number of aliphatic hydroxyl groups is 1. The predicted octanol–water partition coefficient (Wildman–Crippen LogP) is -0.501. The number of carbonyl (C=O) groups is 1. The molecule has 0 bridgehead atoms. The largest absolute Gasteiger partial charge is 0.396 e. The van der Waals surface area contributed by atoms with E-state index in [1.807, 2.05) is 23.4 Å². The Hall–Kier alpha value is -1.50. The van der Waals surface area contributed by atoms with Crippen molar-refractivity contribution in [2.75, 3.05) is 20.2 Å². The number of aromatic nitrogens is 1. The first-order chi connectivity index (χ1) is 8.17. The van der Waals surface area contributed by atoms with Gasteiger partial charge in [-0.3, -0.25) is 10.2 Å². The maximum atomic E-state index is 11.3. The number of nitrogens with zero attached hydrogens (tertiary/aromatic N) is 2. The quantitative estimate of drug-likeness (QED) is 0.353. The first-order valence-electron chi connectivity index (χ1n) is 5.43. The minimum absolute atomic E-state index is 0.174. The van der Waals surface area contributed by atoms with E-state index in [-0.39, 0.29) is 6.61 Å². The van der Waals surface area contributed by atoms with Gasteiger partial charge in [0.05, 0.1) is 5.69 Å². The van der Waals surface area contributed by atoms with E-state index in [9.17, 15) is 4.79 Å². The zero-order valence-corrected chi connectivity index (χ0v) is 9.89. The van der Waals surface area contributed by atoms with Crippen LogP contribution >= 0.6 is 0 Å². The summed E-state index contributed by atoms with van der Waals surface area (Å²) in [6, 6.07) is 5.23. The van der Waals surface area contributed by atoms with Crippen molar-refractivity contribution in [3.05, 3.63) is 29.6 Å². The third kappa shape index (κ3) is 4.48. The van der Waals surface area contributed by atoms with Gasteiger partial charge in [0, 0.05) is 19.7 Å². The van der Waals surface area contributed by atoms with Gasteiger partial charge in [-0.2, -0.15) is 0 Å². The highest BCUT2D eigenvalue weighted by molar-refractivity contribution is 5.91. The first-order valence-corrected chi connectivity index (χ1v) is 5.43. The number of nitrogens with two attached hydrogens (primary N) is 1. The summed E-state index contributed by atoms with van der Waals surface area (Å²) in [7, 11) is 1.94. The van der Waals surface area contributed by atoms with Crippen LogP contribution in [0.15, 0.2) is 18.2 Å². The van der Waals surface area contributed by atoms with Gasteiger partial charge in [-0.25, -0.2) is 10.8 Å². The number of hydrazine groups is 1. The maximum Gasteiger partial charge on any atom is 0.283 e. The van der Waals surface area contributed by atoms with E-state index in [1.165, 1.54) is 0 Å². The Morgan fingerprint density at radius 2 is 2.35 bits per heavy atom. The molecule has 0 saturated heterocycles. The minimum Gasteiger partial charge on any atom is -0.396 e. The molecule has 0 radical (unpaired) electrons. The Balaban J connectivity index is 2.62. The average Bonchev–Trinajstić information content (AvgIpc) is 2.35. The number of hydrogen-bond donors (Lipinski definition) is 3. The van der Waals surface area contributed by atoms with Crippen LogP contribution in [0, 0.1) is 0 Å². The third-order valence-corrected chi connectivity index (χ3v) is 2.30. The van der Waals surface area contributed by atoms with Crippen LogP contribution in [0.3, 0.4) is 0 Å². The summed E-state index contributed by atoms with van der Waals surface area (Å²) in [4.78, 5) is 17.5. The Morgan fingerprint density at radius 1 is 1.59 bits per heavy atom. The SMILES string of the molecule is CN(CCCO)Cc1cccc(C(=O)NN)n1. The molecular weight excluding hydrogens is 220 g/mol. The van der Waals surface area contributed by atoms with E-state index in [0.29, 0.717) is 12.2 Å². The molecule has 0 aliphatic heterocycles. The number of nitrogen functional groups attached to an aromatic ring is 1. The Morgan fingerprint density at radius 3 is 3.00 bits per heavy atom. The van der Waals surface area contributed by atoms with E-state index in [4.69, 9.17) is 10.9 Å². The van der Waals surface area contributed by atoms with Gasteiger partial charge in [0.25, 0.3) is 5.91 Å². The number of carbonyl (C=O) groups excluding carboxylic acids is 1. The van der Waals surface area contributed by atoms with E-state index in [0.717, 1.165) is 18.7 Å². The molecule has 1 heterocycles. The molecule has 0 aromatic carbocycles. The molecule has 0 spiro atoms. The number of rotatable bonds is 6. The molecule has 6 heteroatoms. The zero-order valence-electron chi connectivity index (χ0n) is 9.89. The second-order valence-corrected chi connectivity index (χ2v) is 3.80. The Labute approximate surface area is 100 Å². The lowest BCUT2D eigenvalue weighted by molar-refractivity contribution is 0.0948. The molecule has 1 aromatic rings. The number of pyridine rings is 1. The molecule has 0 aliphatic carbocycles. The molecule has 94 valence electrons. The summed E-state index contributed by atoms with van der Waals surface area (Å²) >= 11 is 0. The molecule has 6 nitrogen and oxygen atoms in total. The van der Waals surface area contributed by atoms with E-state index in [1.54, 1.807) is 12.1 Å². The van der Waals surface area contributed by atoms with Crippen LogP contribution in [-0.4, -0.2) is 41.1 Å². The fourth-order valence-electron chi connectivity index (χ4n) is 1.46. The number of hydrogen-bond acceptors (Lipinski definition) is 5. The van der Waals surface area contributed by atoms with Crippen molar-refractivity contribution in [2.45, 2.75) is 13.0 Å². The second-order valence-electron chi connectivity index (χ2n) is 3.80. The van der Waals surface area contributed by atoms with Crippen LogP contribution in [0.4, 0.5) is 0 Å². The highest BCUT2D eigenvalue weighted by Crippen LogP contribution is 2.03. The van der Waals surface area contributed by atoms with Gasteiger partial charge in [-0.05, 0) is 25.6 Å². The summed E-state index contributed by atoms with van der Waals surface area (Å²) in [5, 5.41) is 8.72. The molecule has 17 heavy (non-hydrogen) atoms. The summed E-state index contributed by atoms with van der Waals surface area (Å²) < 4.78 is 0. The highest BCUT2D eigenvalue weighted by atomic mass is 16.3. The summed E-state index contributed by atoms with van der Waals surface area (Å²) in [5.74, 6) is 4.65. The van der Waals surface area contributed by atoms with Crippen LogP contribution in [0.2, 0.25) is 0 Å². The molecule has 0 saturated carbocycles. The zero-order chi connectivity index (χ0) is 12.7. The van der Waals surface area contributed by atoms with Crippen molar-refractivity contribution in [1.29, 1.82) is 0 Å². The lowest BCUT2D eigenvalue weighted by atomic mass is 10.2. The topological polar surface area (TPSA) is 91.5 Å². The molecule has 0 unspecified atom stereocenters. The van der Waals surface area contributed by atoms with Gasteiger partial charge >= 0.3 is 0 Å². The van der Waals surface area contributed by atoms with Crippen molar-refractivity contribution < 1.29 is 9.90 Å². The number of amides is 1. The standard InChI is InChI=1S/C11H18N4O2/c1-15(6-3-7-16)8-9-4-2-5-10(13-9)11(17)14-12/h2,4-5,16H,3,6-8,12H2,1H3,(H,14,17). The van der Waals surface area contributed by atoms with Crippen molar-refractivity contribution in [1.82, 2.24) is 15.3 Å². The van der Waals surface area contributed by atoms with Crippen LogP contribution in [0.5, 0.6) is 0 Å². The lowest BCUT2D eigenvalue weighted by Crippen LogP contribution is -2.31. The average molecular weight is 238 g/mol. The van der Waals surface area contributed by atoms with Crippen LogP contribution in [0.25, 0.3) is 0 Å². The smallest absolute Gasteiger partial charge is 0.283 e. The van der Waals surface area contributed by atoms with Crippen molar-refractivity contribution >= 4 is 5.91 Å². The van der Waals surface area contributed by atoms with Crippen LogP contribution in [0.1, 0.15) is 22.6 Å². The monoisotopic (exact) mass is 238 g/mol. The Kier molecular flexibility index (Phi) is 5.55. The molecular formula is C11H18N4O2. The number of nitrogens with one attached hydrogen (secondary N) is 1. The second kappa shape index (κ2) is 6.95. The molecule has 0 atom stereocenters.